The number of carbonyl (C=O) groups is 2. The molecule has 1 saturated carbocycles. The van der Waals surface area contributed by atoms with Gasteiger partial charge in [0.1, 0.15) is 6.04 Å². The Hall–Kier alpha value is -1.59. The Kier molecular flexibility index (Phi) is 3.81. The van der Waals surface area contributed by atoms with E-state index in [1.165, 1.54) is 0 Å². The molecule has 1 aliphatic carbocycles. The number of halogens is 1. The van der Waals surface area contributed by atoms with Crippen LogP contribution in [0.5, 0.6) is 0 Å². The molecule has 0 aromatic heterocycles. The SMILES string of the molecule is O=C(O)[C@@H]1Cc2ccc(Cl)cc2CN1C(=O)C1CC12CCOCC2. The van der Waals surface area contributed by atoms with Crippen LogP contribution in [0.15, 0.2) is 18.2 Å². The molecule has 1 spiro atoms. The summed E-state index contributed by atoms with van der Waals surface area (Å²) in [5, 5.41) is 10.2. The average Bonchev–Trinajstić information content (AvgIpc) is 3.26. The summed E-state index contributed by atoms with van der Waals surface area (Å²) < 4.78 is 5.40. The highest BCUT2D eigenvalue weighted by molar-refractivity contribution is 6.30. The molecule has 1 saturated heterocycles. The van der Waals surface area contributed by atoms with Crippen LogP contribution in [-0.2, 0) is 27.3 Å². The Morgan fingerprint density at radius 1 is 1.25 bits per heavy atom. The van der Waals surface area contributed by atoms with Crippen molar-refractivity contribution in [2.75, 3.05) is 13.2 Å². The molecule has 1 aromatic carbocycles. The first kappa shape index (κ1) is 15.9. The van der Waals surface area contributed by atoms with Gasteiger partial charge < -0.3 is 14.7 Å². The van der Waals surface area contributed by atoms with Crippen LogP contribution in [0.1, 0.15) is 30.4 Å². The van der Waals surface area contributed by atoms with Crippen LogP contribution >= 0.6 is 11.6 Å². The Balaban J connectivity index is 1.58. The minimum absolute atomic E-state index is 0.0186. The molecule has 1 aromatic rings. The summed E-state index contributed by atoms with van der Waals surface area (Å²) in [6, 6.07) is 4.69. The van der Waals surface area contributed by atoms with E-state index in [0.717, 1.165) is 30.4 Å². The third-order valence-electron chi connectivity index (χ3n) is 5.84. The van der Waals surface area contributed by atoms with Crippen molar-refractivity contribution < 1.29 is 19.4 Å². The lowest BCUT2D eigenvalue weighted by atomic mass is 9.91. The molecule has 2 heterocycles. The number of rotatable bonds is 2. The molecule has 2 aliphatic heterocycles. The fourth-order valence-electron chi connectivity index (χ4n) is 4.23. The van der Waals surface area contributed by atoms with Crippen molar-refractivity contribution in [2.24, 2.45) is 11.3 Å². The second-order valence-electron chi connectivity index (χ2n) is 7.17. The smallest absolute Gasteiger partial charge is 0.326 e. The highest BCUT2D eigenvalue weighted by Crippen LogP contribution is 2.60. The minimum atomic E-state index is -0.939. The topological polar surface area (TPSA) is 66.8 Å². The molecule has 4 rings (SSSR count). The molecule has 2 fully saturated rings. The van der Waals surface area contributed by atoms with E-state index in [4.69, 9.17) is 16.3 Å². The average molecular weight is 350 g/mol. The Morgan fingerprint density at radius 2 is 2.00 bits per heavy atom. The van der Waals surface area contributed by atoms with Crippen molar-refractivity contribution in [1.82, 2.24) is 4.90 Å². The third-order valence-corrected chi connectivity index (χ3v) is 6.08. The molecule has 128 valence electrons. The van der Waals surface area contributed by atoms with Crippen LogP contribution in [0.3, 0.4) is 0 Å². The summed E-state index contributed by atoms with van der Waals surface area (Å²) in [5.74, 6) is -1.01. The van der Waals surface area contributed by atoms with Gasteiger partial charge in [-0.15, -0.1) is 0 Å². The van der Waals surface area contributed by atoms with Crippen molar-refractivity contribution in [3.8, 4) is 0 Å². The first-order valence-corrected chi connectivity index (χ1v) is 8.76. The Bertz CT molecular complexity index is 698. The Labute approximate surface area is 145 Å². The monoisotopic (exact) mass is 349 g/mol. The van der Waals surface area contributed by atoms with Crippen molar-refractivity contribution in [2.45, 2.75) is 38.3 Å². The van der Waals surface area contributed by atoms with Gasteiger partial charge in [0.15, 0.2) is 0 Å². The van der Waals surface area contributed by atoms with E-state index in [2.05, 4.69) is 0 Å². The van der Waals surface area contributed by atoms with Gasteiger partial charge in [-0.3, -0.25) is 4.79 Å². The summed E-state index contributed by atoms with van der Waals surface area (Å²) >= 11 is 6.06. The molecule has 2 atom stereocenters. The number of carbonyl (C=O) groups excluding carboxylic acids is 1. The molecule has 1 amide bonds. The maximum absolute atomic E-state index is 13.0. The van der Waals surface area contributed by atoms with Gasteiger partial charge in [0.05, 0.1) is 0 Å². The normalized spacial score (nSPS) is 27.6. The van der Waals surface area contributed by atoms with Crippen molar-refractivity contribution in [3.63, 3.8) is 0 Å². The molecule has 0 bridgehead atoms. The quantitative estimate of drug-likeness (QED) is 0.890. The number of nitrogens with zero attached hydrogens (tertiary/aromatic N) is 1. The highest BCUT2D eigenvalue weighted by Gasteiger charge is 2.59. The van der Waals surface area contributed by atoms with Gasteiger partial charge in [-0.25, -0.2) is 4.79 Å². The molecular weight excluding hydrogens is 330 g/mol. The lowest BCUT2D eigenvalue weighted by Gasteiger charge is -2.35. The summed E-state index contributed by atoms with van der Waals surface area (Å²) in [7, 11) is 0. The van der Waals surface area contributed by atoms with Gasteiger partial charge in [-0.1, -0.05) is 17.7 Å². The fourth-order valence-corrected chi connectivity index (χ4v) is 4.43. The molecule has 5 nitrogen and oxygen atoms in total. The van der Waals surface area contributed by atoms with Crippen molar-refractivity contribution in [1.29, 1.82) is 0 Å². The molecule has 1 N–H and O–H groups in total. The fraction of sp³-hybridized carbons (Fsp3) is 0.556. The second-order valence-corrected chi connectivity index (χ2v) is 7.61. The van der Waals surface area contributed by atoms with E-state index >= 15 is 0 Å². The lowest BCUT2D eigenvalue weighted by Crippen LogP contribution is -2.49. The van der Waals surface area contributed by atoms with Crippen molar-refractivity contribution >= 4 is 23.5 Å². The molecule has 1 unspecified atom stereocenters. The molecule has 3 aliphatic rings. The van der Waals surface area contributed by atoms with Gasteiger partial charge in [-0.2, -0.15) is 0 Å². The van der Waals surface area contributed by atoms with E-state index < -0.39 is 12.0 Å². The minimum Gasteiger partial charge on any atom is -0.480 e. The van der Waals surface area contributed by atoms with E-state index in [0.29, 0.717) is 31.2 Å². The number of aliphatic carboxylic acids is 1. The first-order chi connectivity index (χ1) is 11.5. The number of benzene rings is 1. The Morgan fingerprint density at radius 3 is 2.71 bits per heavy atom. The molecule has 24 heavy (non-hydrogen) atoms. The largest absolute Gasteiger partial charge is 0.480 e. The van der Waals surface area contributed by atoms with Crippen LogP contribution in [0, 0.1) is 11.3 Å². The van der Waals surface area contributed by atoms with Gasteiger partial charge in [0, 0.05) is 37.1 Å². The number of fused-ring (bicyclic) bond motifs is 1. The molecular formula is C18H20ClNO4. The number of carboxylic acids is 1. The zero-order valence-electron chi connectivity index (χ0n) is 13.3. The number of carboxylic acid groups (broad SMARTS) is 1. The second kappa shape index (κ2) is 5.74. The summed E-state index contributed by atoms with van der Waals surface area (Å²) in [5.41, 5.74) is 1.97. The zero-order chi connectivity index (χ0) is 16.9. The predicted octanol–water partition coefficient (Wildman–Crippen LogP) is 2.49. The number of ether oxygens (including phenoxy) is 1. The van der Waals surface area contributed by atoms with E-state index in [-0.39, 0.29) is 17.2 Å². The first-order valence-electron chi connectivity index (χ1n) is 8.38. The van der Waals surface area contributed by atoms with Crippen LogP contribution in [0.25, 0.3) is 0 Å². The van der Waals surface area contributed by atoms with E-state index in [1.807, 2.05) is 12.1 Å². The van der Waals surface area contributed by atoms with Crippen LogP contribution < -0.4 is 0 Å². The van der Waals surface area contributed by atoms with Gasteiger partial charge >= 0.3 is 5.97 Å². The van der Waals surface area contributed by atoms with Crippen LogP contribution in [-0.4, -0.2) is 41.1 Å². The number of hydrogen-bond donors (Lipinski definition) is 1. The lowest BCUT2D eigenvalue weighted by molar-refractivity contribution is -0.152. The molecule has 6 heteroatoms. The maximum Gasteiger partial charge on any atom is 0.326 e. The summed E-state index contributed by atoms with van der Waals surface area (Å²) in [6.07, 6.45) is 3.01. The van der Waals surface area contributed by atoms with Crippen LogP contribution in [0.2, 0.25) is 5.02 Å². The summed E-state index contributed by atoms with van der Waals surface area (Å²) in [6.45, 7) is 1.73. The number of amides is 1. The van der Waals surface area contributed by atoms with Gasteiger partial charge in [0.2, 0.25) is 5.91 Å². The van der Waals surface area contributed by atoms with Crippen LogP contribution in [0.4, 0.5) is 0 Å². The highest BCUT2D eigenvalue weighted by atomic mass is 35.5. The van der Waals surface area contributed by atoms with Gasteiger partial charge in [-0.05, 0) is 47.9 Å². The van der Waals surface area contributed by atoms with Gasteiger partial charge in [0.25, 0.3) is 0 Å². The van der Waals surface area contributed by atoms with Crippen molar-refractivity contribution in [3.05, 3.63) is 34.3 Å². The maximum atomic E-state index is 13.0. The number of hydrogen-bond acceptors (Lipinski definition) is 3. The van der Waals surface area contributed by atoms with E-state index in [1.54, 1.807) is 11.0 Å². The third kappa shape index (κ3) is 2.60. The summed E-state index contributed by atoms with van der Waals surface area (Å²) in [4.78, 5) is 26.3. The zero-order valence-corrected chi connectivity index (χ0v) is 14.1. The predicted molar refractivity (Wildman–Crippen MR) is 87.7 cm³/mol. The standard InChI is InChI=1S/C18H20ClNO4/c19-13-2-1-11-8-15(17(22)23)20(10-12(11)7-13)16(21)14-9-18(14)3-5-24-6-4-18/h1-2,7,14-15H,3-6,8-10H2,(H,22,23)/t14?,15-/m0/s1. The molecule has 0 radical (unpaired) electrons. The van der Waals surface area contributed by atoms with E-state index in [9.17, 15) is 14.7 Å².